The summed E-state index contributed by atoms with van der Waals surface area (Å²) >= 11 is 0. The Bertz CT molecular complexity index is 958. The fourth-order valence-electron chi connectivity index (χ4n) is 3.73. The Labute approximate surface area is 166 Å². The molecule has 0 saturated heterocycles. The van der Waals surface area contributed by atoms with Gasteiger partial charge < -0.3 is 9.64 Å². The molecule has 1 heterocycles. The van der Waals surface area contributed by atoms with Crippen LogP contribution in [0.25, 0.3) is 0 Å². The smallest absolute Gasteiger partial charge is 0.250 e. The van der Waals surface area contributed by atoms with Gasteiger partial charge in [0.1, 0.15) is 11.8 Å². The Morgan fingerprint density at radius 2 is 1.96 bits per heavy atom. The van der Waals surface area contributed by atoms with Crippen LogP contribution in [0, 0.1) is 0 Å². The maximum atomic E-state index is 13.5. The second-order valence-corrected chi connectivity index (χ2v) is 8.77. The van der Waals surface area contributed by atoms with Crippen LogP contribution >= 0.6 is 0 Å². The topological polar surface area (TPSA) is 66.9 Å². The Morgan fingerprint density at radius 1 is 1.21 bits per heavy atom. The first kappa shape index (κ1) is 20.2. The van der Waals surface area contributed by atoms with Gasteiger partial charge in [0.15, 0.2) is 0 Å². The van der Waals surface area contributed by atoms with Gasteiger partial charge in [0.2, 0.25) is 10.0 Å². The van der Waals surface area contributed by atoms with Crippen LogP contribution in [-0.2, 0) is 21.2 Å². The predicted octanol–water partition coefficient (Wildman–Crippen LogP) is 3.22. The van der Waals surface area contributed by atoms with Crippen molar-refractivity contribution in [3.63, 3.8) is 0 Å². The Balaban J connectivity index is 2.03. The first-order chi connectivity index (χ1) is 13.4. The van der Waals surface area contributed by atoms with Crippen molar-refractivity contribution in [2.45, 2.75) is 32.2 Å². The highest BCUT2D eigenvalue weighted by Crippen LogP contribution is 2.31. The lowest BCUT2D eigenvalue weighted by molar-refractivity contribution is -0.119. The van der Waals surface area contributed by atoms with Crippen LogP contribution in [0.1, 0.15) is 25.3 Å². The quantitative estimate of drug-likeness (QED) is 0.744. The van der Waals surface area contributed by atoms with Crippen LogP contribution in [0.3, 0.4) is 0 Å². The molecule has 0 aliphatic carbocycles. The average Bonchev–Trinajstić information content (AvgIpc) is 2.70. The molecule has 2 aromatic rings. The Kier molecular flexibility index (Phi) is 5.93. The summed E-state index contributed by atoms with van der Waals surface area (Å²) in [7, 11) is -2.16. The number of hydrogen-bond donors (Lipinski definition) is 0. The standard InChI is InChI=1S/C21H26N2O4S/c1-4-19(21(24)22-14-8-10-16-9-5-6-13-20(16)22)23(28(3,25)26)17-11-7-12-18(15-17)27-2/h5-7,9,11-13,15,19H,4,8,10,14H2,1-3H3/t19-/m0/s1. The summed E-state index contributed by atoms with van der Waals surface area (Å²) in [6.07, 6.45) is 3.27. The van der Waals surface area contributed by atoms with Gasteiger partial charge in [-0.15, -0.1) is 0 Å². The fraction of sp³-hybridized carbons (Fsp3) is 0.381. The third-order valence-electron chi connectivity index (χ3n) is 5.00. The number of anilines is 2. The number of carbonyl (C=O) groups excluding carboxylic acids is 1. The second kappa shape index (κ2) is 8.22. The molecule has 0 spiro atoms. The molecule has 0 unspecified atom stereocenters. The molecule has 0 saturated carbocycles. The number of rotatable bonds is 6. The highest BCUT2D eigenvalue weighted by Gasteiger charge is 2.36. The van der Waals surface area contributed by atoms with Crippen molar-refractivity contribution in [3.8, 4) is 5.75 Å². The van der Waals surface area contributed by atoms with E-state index in [2.05, 4.69) is 0 Å². The number of fused-ring (bicyclic) bond motifs is 1. The molecule has 0 radical (unpaired) electrons. The lowest BCUT2D eigenvalue weighted by Crippen LogP contribution is -2.52. The van der Waals surface area contributed by atoms with Crippen molar-refractivity contribution in [1.29, 1.82) is 0 Å². The number of methoxy groups -OCH3 is 1. The number of benzene rings is 2. The Hall–Kier alpha value is -2.54. The van der Waals surface area contributed by atoms with E-state index in [0.29, 0.717) is 24.4 Å². The van der Waals surface area contributed by atoms with E-state index in [1.54, 1.807) is 29.2 Å². The molecule has 1 amide bonds. The normalized spacial score (nSPS) is 14.9. The van der Waals surface area contributed by atoms with Gasteiger partial charge in [0.25, 0.3) is 5.91 Å². The molecule has 1 aliphatic rings. The molecule has 0 fully saturated rings. The van der Waals surface area contributed by atoms with Gasteiger partial charge in [-0.2, -0.15) is 0 Å². The van der Waals surface area contributed by atoms with E-state index < -0.39 is 16.1 Å². The molecule has 0 aromatic heterocycles. The van der Waals surface area contributed by atoms with E-state index in [9.17, 15) is 13.2 Å². The molecule has 1 atom stereocenters. The number of ether oxygens (including phenoxy) is 1. The largest absolute Gasteiger partial charge is 0.497 e. The third-order valence-corrected chi connectivity index (χ3v) is 6.18. The van der Waals surface area contributed by atoms with Crippen LogP contribution in [0.5, 0.6) is 5.75 Å². The lowest BCUT2D eigenvalue weighted by Gasteiger charge is -2.36. The van der Waals surface area contributed by atoms with E-state index in [1.165, 1.54) is 11.4 Å². The summed E-state index contributed by atoms with van der Waals surface area (Å²) in [5.41, 5.74) is 2.41. The van der Waals surface area contributed by atoms with Crippen molar-refractivity contribution >= 4 is 27.3 Å². The van der Waals surface area contributed by atoms with Crippen LogP contribution in [0.2, 0.25) is 0 Å². The summed E-state index contributed by atoms with van der Waals surface area (Å²) in [5, 5.41) is 0. The van der Waals surface area contributed by atoms with Gasteiger partial charge in [-0.05, 0) is 43.0 Å². The summed E-state index contributed by atoms with van der Waals surface area (Å²) in [6, 6.07) is 13.8. The highest BCUT2D eigenvalue weighted by atomic mass is 32.2. The van der Waals surface area contributed by atoms with Crippen LogP contribution < -0.4 is 13.9 Å². The number of para-hydroxylation sites is 1. The molecule has 0 bridgehead atoms. The SMILES string of the molecule is CC[C@@H](C(=O)N1CCCc2ccccc21)N(c1cccc(OC)c1)S(C)(=O)=O. The zero-order valence-corrected chi connectivity index (χ0v) is 17.3. The monoisotopic (exact) mass is 402 g/mol. The fourth-order valence-corrected chi connectivity index (χ4v) is 4.93. The lowest BCUT2D eigenvalue weighted by atomic mass is 10.0. The van der Waals surface area contributed by atoms with Crippen LogP contribution in [-0.4, -0.2) is 40.3 Å². The van der Waals surface area contributed by atoms with Crippen molar-refractivity contribution in [2.75, 3.05) is 29.1 Å². The molecule has 0 N–H and O–H groups in total. The second-order valence-electron chi connectivity index (χ2n) is 6.91. The van der Waals surface area contributed by atoms with Gasteiger partial charge in [0, 0.05) is 18.3 Å². The maximum absolute atomic E-state index is 13.5. The van der Waals surface area contributed by atoms with E-state index >= 15 is 0 Å². The highest BCUT2D eigenvalue weighted by molar-refractivity contribution is 7.92. The molecular formula is C21H26N2O4S. The van der Waals surface area contributed by atoms with Crippen LogP contribution in [0.4, 0.5) is 11.4 Å². The van der Waals surface area contributed by atoms with E-state index in [-0.39, 0.29) is 5.91 Å². The third kappa shape index (κ3) is 3.99. The number of sulfonamides is 1. The van der Waals surface area contributed by atoms with Gasteiger partial charge in [-0.1, -0.05) is 31.2 Å². The molecule has 1 aliphatic heterocycles. The minimum absolute atomic E-state index is 0.206. The molecule has 28 heavy (non-hydrogen) atoms. The summed E-state index contributed by atoms with van der Waals surface area (Å²) < 4.78 is 31.8. The minimum Gasteiger partial charge on any atom is -0.497 e. The van der Waals surface area contributed by atoms with Crippen molar-refractivity contribution in [1.82, 2.24) is 0 Å². The zero-order chi connectivity index (χ0) is 20.3. The predicted molar refractivity (Wildman–Crippen MR) is 112 cm³/mol. The summed E-state index contributed by atoms with van der Waals surface area (Å²) in [4.78, 5) is 15.2. The van der Waals surface area contributed by atoms with Gasteiger partial charge in [-0.25, -0.2) is 8.42 Å². The van der Waals surface area contributed by atoms with Gasteiger partial charge in [-0.3, -0.25) is 9.10 Å². The zero-order valence-electron chi connectivity index (χ0n) is 16.5. The first-order valence-corrected chi connectivity index (χ1v) is 11.2. The molecule has 2 aromatic carbocycles. The minimum atomic E-state index is -3.69. The molecule has 150 valence electrons. The maximum Gasteiger partial charge on any atom is 0.250 e. The van der Waals surface area contributed by atoms with Crippen molar-refractivity contribution < 1.29 is 17.9 Å². The van der Waals surface area contributed by atoms with E-state index in [4.69, 9.17) is 4.74 Å². The van der Waals surface area contributed by atoms with Crippen molar-refractivity contribution in [2.24, 2.45) is 0 Å². The number of amides is 1. The van der Waals surface area contributed by atoms with Gasteiger partial charge >= 0.3 is 0 Å². The Morgan fingerprint density at radius 3 is 2.64 bits per heavy atom. The van der Waals surface area contributed by atoms with Gasteiger partial charge in [0.05, 0.1) is 19.1 Å². The van der Waals surface area contributed by atoms with Crippen LogP contribution in [0.15, 0.2) is 48.5 Å². The number of aryl methyl sites for hydroxylation is 1. The first-order valence-electron chi connectivity index (χ1n) is 9.39. The summed E-state index contributed by atoms with van der Waals surface area (Å²) in [6.45, 7) is 2.42. The summed E-state index contributed by atoms with van der Waals surface area (Å²) in [5.74, 6) is 0.333. The molecule has 7 heteroatoms. The van der Waals surface area contributed by atoms with Crippen molar-refractivity contribution in [3.05, 3.63) is 54.1 Å². The molecule has 3 rings (SSSR count). The molecule has 6 nitrogen and oxygen atoms in total. The van der Waals surface area contributed by atoms with E-state index in [0.717, 1.165) is 30.3 Å². The van der Waals surface area contributed by atoms with E-state index in [1.807, 2.05) is 31.2 Å². The number of carbonyl (C=O) groups is 1. The average molecular weight is 403 g/mol. The number of nitrogens with zero attached hydrogens (tertiary/aromatic N) is 2. The molecular weight excluding hydrogens is 376 g/mol. The number of hydrogen-bond acceptors (Lipinski definition) is 4.